The second-order valence-corrected chi connectivity index (χ2v) is 6.21. The highest BCUT2D eigenvalue weighted by Gasteiger charge is 2.33. The minimum absolute atomic E-state index is 0.125. The molecule has 0 aromatic heterocycles. The maximum Gasteiger partial charge on any atom is 0.125 e. The summed E-state index contributed by atoms with van der Waals surface area (Å²) < 4.78 is 13.3. The maximum atomic E-state index is 13.3. The van der Waals surface area contributed by atoms with Crippen LogP contribution in [0.15, 0.2) is 18.2 Å². The quantitative estimate of drug-likeness (QED) is 0.887. The van der Waals surface area contributed by atoms with Gasteiger partial charge in [0.1, 0.15) is 5.82 Å². The lowest BCUT2D eigenvalue weighted by Gasteiger charge is -2.39. The molecule has 1 aromatic rings. The summed E-state index contributed by atoms with van der Waals surface area (Å²) in [6, 6.07) is 4.54. The second kappa shape index (κ2) is 6.21. The van der Waals surface area contributed by atoms with Gasteiger partial charge in [-0.2, -0.15) is 0 Å². The van der Waals surface area contributed by atoms with Gasteiger partial charge >= 0.3 is 0 Å². The number of hydrogen-bond donors (Lipinski definition) is 2. The van der Waals surface area contributed by atoms with E-state index >= 15 is 0 Å². The molecule has 2 nitrogen and oxygen atoms in total. The first-order valence-electron chi connectivity index (χ1n) is 6.84. The maximum absolute atomic E-state index is 13.3. The third-order valence-corrected chi connectivity index (χ3v) is 4.20. The topological polar surface area (TPSA) is 32.3 Å². The van der Waals surface area contributed by atoms with Crippen LogP contribution in [0.25, 0.3) is 0 Å². The number of aliphatic hydroxyl groups is 1. The summed E-state index contributed by atoms with van der Waals surface area (Å²) >= 11 is 5.85. The van der Waals surface area contributed by atoms with Gasteiger partial charge in [0.05, 0.1) is 6.61 Å². The van der Waals surface area contributed by atoms with E-state index in [1.54, 1.807) is 6.07 Å². The molecule has 4 heteroatoms. The Kier molecular flexibility index (Phi) is 4.82. The van der Waals surface area contributed by atoms with Crippen molar-refractivity contribution in [1.82, 2.24) is 5.32 Å². The van der Waals surface area contributed by atoms with Gasteiger partial charge in [-0.1, -0.05) is 31.4 Å². The standard InChI is InChI=1S/C15H21ClFNO/c1-11-3-2-4-15(8-11,10-19)18-9-12-5-13(16)7-14(17)6-12/h5-7,11,18-19H,2-4,8-10H2,1H3. The molecular formula is C15H21ClFNO. The van der Waals surface area contributed by atoms with Crippen LogP contribution in [0, 0.1) is 11.7 Å². The Morgan fingerprint density at radius 3 is 2.89 bits per heavy atom. The molecule has 1 aliphatic rings. The molecule has 0 saturated heterocycles. The highest BCUT2D eigenvalue weighted by molar-refractivity contribution is 6.30. The molecule has 2 rings (SSSR count). The van der Waals surface area contributed by atoms with E-state index in [-0.39, 0.29) is 18.0 Å². The van der Waals surface area contributed by atoms with Crippen LogP contribution >= 0.6 is 11.6 Å². The molecule has 1 aliphatic carbocycles. The molecule has 2 unspecified atom stereocenters. The Hall–Kier alpha value is -0.640. The van der Waals surface area contributed by atoms with Crippen LogP contribution in [0.2, 0.25) is 5.02 Å². The zero-order valence-corrected chi connectivity index (χ0v) is 12.0. The zero-order valence-electron chi connectivity index (χ0n) is 11.3. The minimum atomic E-state index is -0.320. The molecular weight excluding hydrogens is 265 g/mol. The van der Waals surface area contributed by atoms with Gasteiger partial charge in [-0.05, 0) is 42.5 Å². The predicted molar refractivity (Wildman–Crippen MR) is 75.7 cm³/mol. The van der Waals surface area contributed by atoms with Crippen LogP contribution in [0.1, 0.15) is 38.2 Å². The van der Waals surface area contributed by atoms with Gasteiger partial charge in [-0.15, -0.1) is 0 Å². The normalized spacial score (nSPS) is 27.5. The van der Waals surface area contributed by atoms with Crippen molar-refractivity contribution >= 4 is 11.6 Å². The van der Waals surface area contributed by atoms with E-state index in [4.69, 9.17) is 11.6 Å². The summed E-state index contributed by atoms with van der Waals surface area (Å²) in [6.07, 6.45) is 4.28. The van der Waals surface area contributed by atoms with Crippen LogP contribution < -0.4 is 5.32 Å². The first kappa shape index (κ1) is 14.8. The van der Waals surface area contributed by atoms with E-state index in [0.29, 0.717) is 17.5 Å². The Morgan fingerprint density at radius 1 is 1.47 bits per heavy atom. The summed E-state index contributed by atoms with van der Waals surface area (Å²) in [5.74, 6) is 0.295. The monoisotopic (exact) mass is 285 g/mol. The van der Waals surface area contributed by atoms with Crippen LogP contribution in [-0.2, 0) is 6.54 Å². The molecule has 0 bridgehead atoms. The van der Waals surface area contributed by atoms with Gasteiger partial charge in [0, 0.05) is 17.1 Å². The van der Waals surface area contributed by atoms with Crippen LogP contribution in [0.5, 0.6) is 0 Å². The smallest absolute Gasteiger partial charge is 0.125 e. The fraction of sp³-hybridized carbons (Fsp3) is 0.600. The number of benzene rings is 1. The van der Waals surface area contributed by atoms with Crippen molar-refractivity contribution in [2.45, 2.75) is 44.7 Å². The third-order valence-electron chi connectivity index (χ3n) is 3.98. The lowest BCUT2D eigenvalue weighted by atomic mass is 9.77. The Morgan fingerprint density at radius 2 is 2.26 bits per heavy atom. The van der Waals surface area contributed by atoms with Gasteiger partial charge in [-0.25, -0.2) is 4.39 Å². The van der Waals surface area contributed by atoms with Crippen molar-refractivity contribution in [2.75, 3.05) is 6.61 Å². The Labute approximate surface area is 119 Å². The van der Waals surface area contributed by atoms with Crippen molar-refractivity contribution in [1.29, 1.82) is 0 Å². The van der Waals surface area contributed by atoms with Gasteiger partial charge in [-0.3, -0.25) is 0 Å². The lowest BCUT2D eigenvalue weighted by Crippen LogP contribution is -2.51. The molecule has 0 spiro atoms. The van der Waals surface area contributed by atoms with Gasteiger partial charge in [0.15, 0.2) is 0 Å². The molecule has 19 heavy (non-hydrogen) atoms. The number of nitrogens with one attached hydrogen (secondary N) is 1. The molecule has 1 aromatic carbocycles. The van der Waals surface area contributed by atoms with E-state index in [9.17, 15) is 9.50 Å². The van der Waals surface area contributed by atoms with Crippen LogP contribution in [0.4, 0.5) is 4.39 Å². The summed E-state index contributed by atoms with van der Waals surface area (Å²) in [7, 11) is 0. The average Bonchev–Trinajstić information content (AvgIpc) is 2.35. The Bertz CT molecular complexity index is 420. The third kappa shape index (κ3) is 3.91. The second-order valence-electron chi connectivity index (χ2n) is 5.77. The molecule has 1 fully saturated rings. The fourth-order valence-corrected chi connectivity index (χ4v) is 3.27. The van der Waals surface area contributed by atoms with Gasteiger partial charge in [0.2, 0.25) is 0 Å². The Balaban J connectivity index is 2.03. The lowest BCUT2D eigenvalue weighted by molar-refractivity contribution is 0.0982. The first-order chi connectivity index (χ1) is 9.03. The van der Waals surface area contributed by atoms with Crippen molar-refractivity contribution in [3.05, 3.63) is 34.6 Å². The molecule has 0 radical (unpaired) electrons. The molecule has 2 atom stereocenters. The molecule has 106 valence electrons. The predicted octanol–water partition coefficient (Wildman–Crippen LogP) is 3.51. The highest BCUT2D eigenvalue weighted by atomic mass is 35.5. The summed E-state index contributed by atoms with van der Waals surface area (Å²) in [5.41, 5.74) is 0.590. The van der Waals surface area contributed by atoms with E-state index in [1.165, 1.54) is 18.6 Å². The van der Waals surface area contributed by atoms with E-state index in [1.807, 2.05) is 0 Å². The van der Waals surface area contributed by atoms with Crippen LogP contribution in [-0.4, -0.2) is 17.3 Å². The van der Waals surface area contributed by atoms with E-state index in [2.05, 4.69) is 12.2 Å². The molecule has 0 amide bonds. The molecule has 1 saturated carbocycles. The van der Waals surface area contributed by atoms with Crippen molar-refractivity contribution < 1.29 is 9.50 Å². The van der Waals surface area contributed by atoms with E-state index in [0.717, 1.165) is 24.8 Å². The fourth-order valence-electron chi connectivity index (χ4n) is 3.02. The number of halogens is 2. The number of rotatable bonds is 4. The van der Waals surface area contributed by atoms with Crippen molar-refractivity contribution in [2.24, 2.45) is 5.92 Å². The SMILES string of the molecule is CC1CCCC(CO)(NCc2cc(F)cc(Cl)c2)C1. The highest BCUT2D eigenvalue weighted by Crippen LogP contribution is 2.32. The van der Waals surface area contributed by atoms with Gasteiger partial charge in [0.25, 0.3) is 0 Å². The van der Waals surface area contributed by atoms with Gasteiger partial charge < -0.3 is 10.4 Å². The minimum Gasteiger partial charge on any atom is -0.394 e. The molecule has 0 heterocycles. The number of hydrogen-bond acceptors (Lipinski definition) is 2. The van der Waals surface area contributed by atoms with E-state index < -0.39 is 0 Å². The van der Waals surface area contributed by atoms with Crippen molar-refractivity contribution in [3.8, 4) is 0 Å². The average molecular weight is 286 g/mol. The molecule has 2 N–H and O–H groups in total. The summed E-state index contributed by atoms with van der Waals surface area (Å²) in [4.78, 5) is 0. The number of aliphatic hydroxyl groups excluding tert-OH is 1. The largest absolute Gasteiger partial charge is 0.394 e. The summed E-state index contributed by atoms with van der Waals surface area (Å²) in [6.45, 7) is 2.87. The zero-order chi connectivity index (χ0) is 13.9. The summed E-state index contributed by atoms with van der Waals surface area (Å²) in [5, 5.41) is 13.5. The van der Waals surface area contributed by atoms with Crippen molar-refractivity contribution in [3.63, 3.8) is 0 Å². The molecule has 0 aliphatic heterocycles. The first-order valence-corrected chi connectivity index (χ1v) is 7.22. The van der Waals surface area contributed by atoms with Crippen LogP contribution in [0.3, 0.4) is 0 Å².